The summed E-state index contributed by atoms with van der Waals surface area (Å²) >= 11 is 0. The van der Waals surface area contributed by atoms with E-state index in [4.69, 9.17) is 10.5 Å². The third-order valence-electron chi connectivity index (χ3n) is 3.99. The van der Waals surface area contributed by atoms with Crippen molar-refractivity contribution in [1.29, 1.82) is 0 Å². The summed E-state index contributed by atoms with van der Waals surface area (Å²) in [5.74, 6) is 0.774. The standard InChI is InChI=1S/C13H25N3O2/c1-10-12(15-6-8-18-10)13(17)16-7-2-3-11(9-16)4-5-14/h10-12,15H,2-9,14H2,1H3/t10-,11?,12+/m1/s1. The molecule has 0 aliphatic carbocycles. The van der Waals surface area contributed by atoms with Crippen molar-refractivity contribution in [2.75, 3.05) is 32.8 Å². The molecule has 3 N–H and O–H groups in total. The first kappa shape index (κ1) is 13.8. The zero-order valence-electron chi connectivity index (χ0n) is 11.2. The number of hydrogen-bond donors (Lipinski definition) is 2. The Hall–Kier alpha value is -0.650. The van der Waals surface area contributed by atoms with Gasteiger partial charge in [-0.2, -0.15) is 0 Å². The van der Waals surface area contributed by atoms with Crippen molar-refractivity contribution in [2.45, 2.75) is 38.3 Å². The molecule has 2 aliphatic rings. The van der Waals surface area contributed by atoms with E-state index in [2.05, 4.69) is 5.32 Å². The predicted octanol–water partition coefficient (Wildman–Crippen LogP) is -0.0493. The van der Waals surface area contributed by atoms with Crippen molar-refractivity contribution in [3.63, 3.8) is 0 Å². The molecule has 0 spiro atoms. The highest BCUT2D eigenvalue weighted by molar-refractivity contribution is 5.82. The number of nitrogens with two attached hydrogens (primary N) is 1. The van der Waals surface area contributed by atoms with Crippen LogP contribution in [0.2, 0.25) is 0 Å². The maximum absolute atomic E-state index is 12.5. The Kier molecular flexibility index (Phi) is 4.97. The molecule has 1 amide bonds. The van der Waals surface area contributed by atoms with Crippen molar-refractivity contribution in [3.8, 4) is 0 Å². The van der Waals surface area contributed by atoms with Gasteiger partial charge in [0.05, 0.1) is 12.7 Å². The minimum atomic E-state index is -0.171. The molecule has 2 fully saturated rings. The normalized spacial score (nSPS) is 33.4. The van der Waals surface area contributed by atoms with Crippen LogP contribution >= 0.6 is 0 Å². The molecule has 0 aromatic rings. The number of carbonyl (C=O) groups is 1. The Labute approximate surface area is 109 Å². The smallest absolute Gasteiger partial charge is 0.242 e. The summed E-state index contributed by atoms with van der Waals surface area (Å²) in [6.07, 6.45) is 3.29. The minimum absolute atomic E-state index is 0.0267. The van der Waals surface area contributed by atoms with Crippen LogP contribution < -0.4 is 11.1 Å². The van der Waals surface area contributed by atoms with Gasteiger partial charge in [-0.25, -0.2) is 0 Å². The van der Waals surface area contributed by atoms with E-state index in [1.807, 2.05) is 11.8 Å². The van der Waals surface area contributed by atoms with Crippen LogP contribution in [0, 0.1) is 5.92 Å². The van der Waals surface area contributed by atoms with Crippen LogP contribution in [0.15, 0.2) is 0 Å². The van der Waals surface area contributed by atoms with Crippen molar-refractivity contribution >= 4 is 5.91 Å². The summed E-state index contributed by atoms with van der Waals surface area (Å²) in [7, 11) is 0. The van der Waals surface area contributed by atoms with Gasteiger partial charge in [-0.3, -0.25) is 4.79 Å². The van der Waals surface area contributed by atoms with Crippen LogP contribution in [0.25, 0.3) is 0 Å². The SMILES string of the molecule is C[C@H]1OCCN[C@@H]1C(=O)N1CCCC(CCN)C1. The van der Waals surface area contributed by atoms with Crippen LogP contribution in [0.3, 0.4) is 0 Å². The third kappa shape index (κ3) is 3.22. The first-order chi connectivity index (χ1) is 8.72. The van der Waals surface area contributed by atoms with Crippen molar-refractivity contribution in [3.05, 3.63) is 0 Å². The number of rotatable bonds is 3. The maximum Gasteiger partial charge on any atom is 0.242 e. The van der Waals surface area contributed by atoms with Crippen LogP contribution in [-0.4, -0.2) is 55.7 Å². The molecule has 0 aromatic heterocycles. The maximum atomic E-state index is 12.5. The highest BCUT2D eigenvalue weighted by Gasteiger charge is 2.33. The number of ether oxygens (including phenoxy) is 1. The number of piperidine rings is 1. The number of morpholine rings is 1. The molecule has 18 heavy (non-hydrogen) atoms. The molecule has 0 bridgehead atoms. The molecule has 5 heteroatoms. The van der Waals surface area contributed by atoms with Gasteiger partial charge in [-0.05, 0) is 38.6 Å². The molecule has 5 nitrogen and oxygen atoms in total. The Morgan fingerprint density at radius 3 is 3.11 bits per heavy atom. The van der Waals surface area contributed by atoms with Gasteiger partial charge in [0, 0.05) is 19.6 Å². The van der Waals surface area contributed by atoms with Crippen molar-refractivity contribution < 1.29 is 9.53 Å². The highest BCUT2D eigenvalue weighted by atomic mass is 16.5. The van der Waals surface area contributed by atoms with E-state index in [0.717, 1.165) is 32.5 Å². The van der Waals surface area contributed by atoms with Gasteiger partial charge in [0.2, 0.25) is 5.91 Å². The average molecular weight is 255 g/mol. The van der Waals surface area contributed by atoms with Gasteiger partial charge in [-0.15, -0.1) is 0 Å². The van der Waals surface area contributed by atoms with Gasteiger partial charge in [0.1, 0.15) is 6.04 Å². The number of nitrogens with one attached hydrogen (secondary N) is 1. The number of hydrogen-bond acceptors (Lipinski definition) is 4. The molecule has 104 valence electrons. The van der Waals surface area contributed by atoms with E-state index in [9.17, 15) is 4.79 Å². The zero-order chi connectivity index (χ0) is 13.0. The number of likely N-dealkylation sites (tertiary alicyclic amines) is 1. The van der Waals surface area contributed by atoms with Gasteiger partial charge < -0.3 is 20.7 Å². The second-order valence-corrected chi connectivity index (χ2v) is 5.38. The summed E-state index contributed by atoms with van der Waals surface area (Å²) in [5.41, 5.74) is 5.61. The first-order valence-electron chi connectivity index (χ1n) is 7.06. The Bertz CT molecular complexity index is 283. The molecule has 2 saturated heterocycles. The molecule has 0 aromatic carbocycles. The first-order valence-corrected chi connectivity index (χ1v) is 7.06. The summed E-state index contributed by atoms with van der Waals surface area (Å²) in [6.45, 7) is 5.89. The summed E-state index contributed by atoms with van der Waals surface area (Å²) < 4.78 is 5.55. The van der Waals surface area contributed by atoms with E-state index >= 15 is 0 Å². The average Bonchev–Trinajstić information content (AvgIpc) is 2.39. The number of amides is 1. The Morgan fingerprint density at radius 2 is 2.39 bits per heavy atom. The minimum Gasteiger partial charge on any atom is -0.375 e. The quantitative estimate of drug-likeness (QED) is 0.742. The summed E-state index contributed by atoms with van der Waals surface area (Å²) in [6, 6.07) is -0.171. The lowest BCUT2D eigenvalue weighted by Gasteiger charge is -2.38. The molecular formula is C13H25N3O2. The molecule has 0 radical (unpaired) electrons. The molecule has 1 unspecified atom stereocenters. The van der Waals surface area contributed by atoms with Gasteiger partial charge in [-0.1, -0.05) is 0 Å². The summed E-state index contributed by atoms with van der Waals surface area (Å²) in [4.78, 5) is 14.5. The Balaban J connectivity index is 1.91. The molecule has 2 heterocycles. The zero-order valence-corrected chi connectivity index (χ0v) is 11.2. The highest BCUT2D eigenvalue weighted by Crippen LogP contribution is 2.20. The number of carbonyl (C=O) groups excluding carboxylic acids is 1. The van der Waals surface area contributed by atoms with E-state index in [1.165, 1.54) is 6.42 Å². The fraction of sp³-hybridized carbons (Fsp3) is 0.923. The lowest BCUT2D eigenvalue weighted by atomic mass is 9.94. The fourth-order valence-corrected chi connectivity index (χ4v) is 2.94. The van der Waals surface area contributed by atoms with Crippen LogP contribution in [-0.2, 0) is 9.53 Å². The predicted molar refractivity (Wildman–Crippen MR) is 70.2 cm³/mol. The largest absolute Gasteiger partial charge is 0.375 e. The fourth-order valence-electron chi connectivity index (χ4n) is 2.94. The summed E-state index contributed by atoms with van der Waals surface area (Å²) in [5, 5.41) is 3.27. The lowest BCUT2D eigenvalue weighted by molar-refractivity contribution is -0.141. The molecule has 0 saturated carbocycles. The van der Waals surface area contributed by atoms with Gasteiger partial charge in [0.25, 0.3) is 0 Å². The van der Waals surface area contributed by atoms with Gasteiger partial charge in [0.15, 0.2) is 0 Å². The van der Waals surface area contributed by atoms with Crippen LogP contribution in [0.1, 0.15) is 26.2 Å². The molecule has 2 aliphatic heterocycles. The van der Waals surface area contributed by atoms with E-state index in [-0.39, 0.29) is 18.1 Å². The molecule has 2 rings (SSSR count). The van der Waals surface area contributed by atoms with E-state index in [1.54, 1.807) is 0 Å². The van der Waals surface area contributed by atoms with Gasteiger partial charge >= 0.3 is 0 Å². The monoisotopic (exact) mass is 255 g/mol. The van der Waals surface area contributed by atoms with E-state index < -0.39 is 0 Å². The lowest BCUT2D eigenvalue weighted by Crippen LogP contribution is -2.57. The molecule has 3 atom stereocenters. The van der Waals surface area contributed by atoms with E-state index in [0.29, 0.717) is 19.1 Å². The number of nitrogens with zero attached hydrogens (tertiary/aromatic N) is 1. The van der Waals surface area contributed by atoms with Crippen LogP contribution in [0.4, 0.5) is 0 Å². The Morgan fingerprint density at radius 1 is 1.56 bits per heavy atom. The van der Waals surface area contributed by atoms with Crippen molar-refractivity contribution in [2.24, 2.45) is 11.7 Å². The molecular weight excluding hydrogens is 230 g/mol. The topological polar surface area (TPSA) is 67.6 Å². The second kappa shape index (κ2) is 6.50. The van der Waals surface area contributed by atoms with Crippen LogP contribution in [0.5, 0.6) is 0 Å². The third-order valence-corrected chi connectivity index (χ3v) is 3.99. The second-order valence-electron chi connectivity index (χ2n) is 5.38. The van der Waals surface area contributed by atoms with Crippen molar-refractivity contribution in [1.82, 2.24) is 10.2 Å².